The van der Waals surface area contributed by atoms with Crippen molar-refractivity contribution < 1.29 is 13.5 Å². The summed E-state index contributed by atoms with van der Waals surface area (Å²) in [7, 11) is 1.43. The molecule has 0 spiro atoms. The second-order valence-corrected chi connectivity index (χ2v) is 5.64. The van der Waals surface area contributed by atoms with Gasteiger partial charge in [0.1, 0.15) is 5.82 Å². The minimum Gasteiger partial charge on any atom is -0.494 e. The van der Waals surface area contributed by atoms with Gasteiger partial charge in [-0.25, -0.2) is 8.78 Å². The second-order valence-electron chi connectivity index (χ2n) is 4.73. The monoisotopic (exact) mass is 340 g/mol. The molecule has 0 aromatic heterocycles. The van der Waals surface area contributed by atoms with E-state index >= 15 is 0 Å². The standard InChI is InChI=1S/C16H15BrF2O/c1-9-6-12(7-10(2)16(9)19)15(17)11-4-5-13(18)14(8-11)20-3/h4-8,15H,1-3H3. The van der Waals surface area contributed by atoms with Crippen LogP contribution in [0.5, 0.6) is 5.75 Å². The van der Waals surface area contributed by atoms with Crippen molar-refractivity contribution in [1.82, 2.24) is 0 Å². The Balaban J connectivity index is 2.43. The van der Waals surface area contributed by atoms with Crippen LogP contribution < -0.4 is 4.74 Å². The van der Waals surface area contributed by atoms with Gasteiger partial charge in [0.2, 0.25) is 0 Å². The van der Waals surface area contributed by atoms with Gasteiger partial charge in [-0.2, -0.15) is 0 Å². The van der Waals surface area contributed by atoms with E-state index < -0.39 is 5.82 Å². The zero-order chi connectivity index (χ0) is 14.9. The molecule has 0 saturated carbocycles. The van der Waals surface area contributed by atoms with Gasteiger partial charge in [-0.1, -0.05) is 34.1 Å². The van der Waals surface area contributed by atoms with Crippen LogP contribution >= 0.6 is 15.9 Å². The molecule has 0 bridgehead atoms. The van der Waals surface area contributed by atoms with Crippen molar-refractivity contribution in [2.45, 2.75) is 18.7 Å². The van der Waals surface area contributed by atoms with E-state index in [1.807, 2.05) is 0 Å². The molecular formula is C16H15BrF2O. The molecule has 1 unspecified atom stereocenters. The molecule has 0 fully saturated rings. The highest BCUT2D eigenvalue weighted by Gasteiger charge is 2.15. The first-order valence-electron chi connectivity index (χ1n) is 6.18. The fraction of sp³-hybridized carbons (Fsp3) is 0.250. The van der Waals surface area contributed by atoms with Gasteiger partial charge in [0.25, 0.3) is 0 Å². The predicted molar refractivity (Wildman–Crippen MR) is 79.6 cm³/mol. The molecule has 20 heavy (non-hydrogen) atoms. The summed E-state index contributed by atoms with van der Waals surface area (Å²) in [5.41, 5.74) is 2.97. The molecular weight excluding hydrogens is 326 g/mol. The van der Waals surface area contributed by atoms with Gasteiger partial charge in [0, 0.05) is 0 Å². The molecule has 2 rings (SSSR count). The number of benzene rings is 2. The van der Waals surface area contributed by atoms with Crippen LogP contribution in [-0.2, 0) is 0 Å². The molecule has 2 aromatic carbocycles. The summed E-state index contributed by atoms with van der Waals surface area (Å²) in [5.74, 6) is -0.393. The van der Waals surface area contributed by atoms with E-state index in [0.717, 1.165) is 11.1 Å². The Morgan fingerprint density at radius 1 is 1.00 bits per heavy atom. The average molecular weight is 341 g/mol. The number of halogens is 3. The van der Waals surface area contributed by atoms with Crippen LogP contribution in [0.4, 0.5) is 8.78 Å². The minimum absolute atomic E-state index is 0.144. The highest BCUT2D eigenvalue weighted by atomic mass is 79.9. The first-order chi connectivity index (χ1) is 9.43. The van der Waals surface area contributed by atoms with Crippen molar-refractivity contribution in [1.29, 1.82) is 0 Å². The van der Waals surface area contributed by atoms with Gasteiger partial charge in [-0.05, 0) is 48.2 Å². The Morgan fingerprint density at radius 3 is 2.15 bits per heavy atom. The molecule has 2 aromatic rings. The van der Waals surface area contributed by atoms with E-state index in [2.05, 4.69) is 15.9 Å². The molecule has 0 aliphatic heterocycles. The zero-order valence-corrected chi connectivity index (χ0v) is 13.1. The summed E-state index contributed by atoms with van der Waals surface area (Å²) >= 11 is 3.57. The van der Waals surface area contributed by atoms with Crippen molar-refractivity contribution in [3.63, 3.8) is 0 Å². The summed E-state index contributed by atoms with van der Waals surface area (Å²) in [6.45, 7) is 3.47. The van der Waals surface area contributed by atoms with E-state index in [4.69, 9.17) is 4.74 Å². The number of hydrogen-bond acceptors (Lipinski definition) is 1. The van der Waals surface area contributed by atoms with E-state index in [0.29, 0.717) is 11.1 Å². The third kappa shape index (κ3) is 2.85. The lowest BCUT2D eigenvalue weighted by atomic mass is 10.00. The van der Waals surface area contributed by atoms with E-state index in [9.17, 15) is 8.78 Å². The number of rotatable bonds is 3. The topological polar surface area (TPSA) is 9.23 Å². The van der Waals surface area contributed by atoms with Gasteiger partial charge in [-0.15, -0.1) is 0 Å². The van der Waals surface area contributed by atoms with E-state index in [1.54, 1.807) is 38.1 Å². The molecule has 1 atom stereocenters. The number of hydrogen-bond donors (Lipinski definition) is 0. The lowest BCUT2D eigenvalue weighted by Crippen LogP contribution is -1.98. The maximum Gasteiger partial charge on any atom is 0.165 e. The predicted octanol–water partition coefficient (Wildman–Crippen LogP) is 5.07. The van der Waals surface area contributed by atoms with Crippen LogP contribution in [0.3, 0.4) is 0 Å². The quantitative estimate of drug-likeness (QED) is 0.708. The summed E-state index contributed by atoms with van der Waals surface area (Å²) in [6.07, 6.45) is 0. The fourth-order valence-corrected chi connectivity index (χ4v) is 2.70. The minimum atomic E-state index is -0.401. The van der Waals surface area contributed by atoms with Crippen LogP contribution in [0, 0.1) is 25.5 Å². The molecule has 0 aliphatic rings. The summed E-state index contributed by atoms with van der Waals surface area (Å²) in [6, 6.07) is 8.27. The van der Waals surface area contributed by atoms with Crippen LogP contribution in [-0.4, -0.2) is 7.11 Å². The van der Waals surface area contributed by atoms with Crippen molar-refractivity contribution in [3.8, 4) is 5.75 Å². The Bertz CT molecular complexity index is 617. The highest BCUT2D eigenvalue weighted by Crippen LogP contribution is 2.34. The summed E-state index contributed by atoms with van der Waals surface area (Å²) < 4.78 is 32.1. The fourth-order valence-electron chi connectivity index (χ4n) is 2.15. The van der Waals surface area contributed by atoms with Crippen molar-refractivity contribution in [2.24, 2.45) is 0 Å². The Kier molecular flexibility index (Phi) is 4.43. The molecule has 0 amide bonds. The third-order valence-electron chi connectivity index (χ3n) is 3.22. The molecule has 0 radical (unpaired) electrons. The maximum atomic E-state index is 13.7. The molecule has 0 heterocycles. The third-order valence-corrected chi connectivity index (χ3v) is 4.28. The lowest BCUT2D eigenvalue weighted by molar-refractivity contribution is 0.386. The Hall–Kier alpha value is -1.42. The van der Waals surface area contributed by atoms with Gasteiger partial charge in [-0.3, -0.25) is 0 Å². The van der Waals surface area contributed by atoms with Gasteiger partial charge >= 0.3 is 0 Å². The second kappa shape index (κ2) is 5.92. The summed E-state index contributed by atoms with van der Waals surface area (Å²) in [4.78, 5) is -0.144. The largest absolute Gasteiger partial charge is 0.494 e. The Morgan fingerprint density at radius 2 is 1.60 bits per heavy atom. The lowest BCUT2D eigenvalue weighted by Gasteiger charge is -2.14. The van der Waals surface area contributed by atoms with Crippen LogP contribution in [0.1, 0.15) is 27.1 Å². The Labute approximate surface area is 125 Å². The number of aryl methyl sites for hydroxylation is 2. The number of methoxy groups -OCH3 is 1. The molecule has 0 aliphatic carbocycles. The molecule has 106 valence electrons. The normalized spacial score (nSPS) is 12.3. The SMILES string of the molecule is COc1cc(C(Br)c2cc(C)c(F)c(C)c2)ccc1F. The van der Waals surface area contributed by atoms with Crippen LogP contribution in [0.2, 0.25) is 0 Å². The summed E-state index contributed by atoms with van der Waals surface area (Å²) in [5, 5.41) is 0. The van der Waals surface area contributed by atoms with Crippen molar-refractivity contribution >= 4 is 15.9 Å². The smallest absolute Gasteiger partial charge is 0.165 e. The van der Waals surface area contributed by atoms with Crippen molar-refractivity contribution in [2.75, 3.05) is 7.11 Å². The van der Waals surface area contributed by atoms with E-state index in [1.165, 1.54) is 13.2 Å². The van der Waals surface area contributed by atoms with Crippen LogP contribution in [0.15, 0.2) is 30.3 Å². The number of ether oxygens (including phenoxy) is 1. The highest BCUT2D eigenvalue weighted by molar-refractivity contribution is 9.09. The first-order valence-corrected chi connectivity index (χ1v) is 7.09. The van der Waals surface area contributed by atoms with Crippen molar-refractivity contribution in [3.05, 3.63) is 64.2 Å². The molecule has 4 heteroatoms. The molecule has 1 nitrogen and oxygen atoms in total. The van der Waals surface area contributed by atoms with E-state index in [-0.39, 0.29) is 16.4 Å². The van der Waals surface area contributed by atoms with Gasteiger partial charge in [0.15, 0.2) is 11.6 Å². The maximum absolute atomic E-state index is 13.7. The average Bonchev–Trinajstić information content (AvgIpc) is 2.44. The zero-order valence-electron chi connectivity index (χ0n) is 11.5. The number of alkyl halides is 1. The molecule has 0 N–H and O–H groups in total. The molecule has 0 saturated heterocycles. The first kappa shape index (κ1) is 15.0. The van der Waals surface area contributed by atoms with Gasteiger partial charge < -0.3 is 4.74 Å². The van der Waals surface area contributed by atoms with Gasteiger partial charge in [0.05, 0.1) is 11.9 Å². The van der Waals surface area contributed by atoms with Crippen LogP contribution in [0.25, 0.3) is 0 Å².